The molecule has 0 aliphatic heterocycles. The van der Waals surface area contributed by atoms with Gasteiger partial charge in [-0.3, -0.25) is 0 Å². The van der Waals surface area contributed by atoms with Gasteiger partial charge in [0.15, 0.2) is 5.11 Å². The second kappa shape index (κ2) is 7.04. The Hall–Kier alpha value is -2.40. The van der Waals surface area contributed by atoms with Crippen molar-refractivity contribution in [3.63, 3.8) is 0 Å². The minimum absolute atomic E-state index is 0.405. The van der Waals surface area contributed by atoms with Gasteiger partial charge in [0.1, 0.15) is 0 Å². The fourth-order valence-electron chi connectivity index (χ4n) is 1.98. The first-order valence-electron chi connectivity index (χ1n) is 6.84. The maximum Gasteiger partial charge on any atom is 0.339 e. The van der Waals surface area contributed by atoms with Crippen LogP contribution < -0.4 is 10.6 Å². The SMILES string of the molecule is COC(=O)c1ccccc1NC(=S)Nc1ccc(C)c(C)c1. The topological polar surface area (TPSA) is 50.4 Å². The molecule has 2 N–H and O–H groups in total. The van der Waals surface area contributed by atoms with Gasteiger partial charge in [-0.25, -0.2) is 4.79 Å². The molecule has 0 saturated carbocycles. The van der Waals surface area contributed by atoms with Gasteiger partial charge >= 0.3 is 5.97 Å². The molecular formula is C17H18N2O2S. The van der Waals surface area contributed by atoms with E-state index in [2.05, 4.69) is 17.6 Å². The first kappa shape index (κ1) is 16.0. The number of carbonyl (C=O) groups is 1. The molecule has 0 saturated heterocycles. The number of rotatable bonds is 3. The third-order valence-corrected chi connectivity index (χ3v) is 3.55. The molecule has 2 rings (SSSR count). The van der Waals surface area contributed by atoms with Gasteiger partial charge in [-0.15, -0.1) is 0 Å². The summed E-state index contributed by atoms with van der Waals surface area (Å²) < 4.78 is 4.76. The van der Waals surface area contributed by atoms with Crippen LogP contribution in [0.4, 0.5) is 11.4 Å². The number of anilines is 2. The van der Waals surface area contributed by atoms with Crippen molar-refractivity contribution in [2.75, 3.05) is 17.7 Å². The summed E-state index contributed by atoms with van der Waals surface area (Å²) in [6.45, 7) is 4.10. The summed E-state index contributed by atoms with van der Waals surface area (Å²) in [6.07, 6.45) is 0. The number of aryl methyl sites for hydroxylation is 2. The zero-order valence-corrected chi connectivity index (χ0v) is 13.6. The average molecular weight is 314 g/mol. The minimum Gasteiger partial charge on any atom is -0.465 e. The van der Waals surface area contributed by atoms with Crippen molar-refractivity contribution in [3.05, 3.63) is 59.2 Å². The van der Waals surface area contributed by atoms with E-state index in [1.54, 1.807) is 18.2 Å². The molecule has 2 aromatic rings. The molecule has 0 heterocycles. The Morgan fingerprint density at radius 2 is 1.77 bits per heavy atom. The Kier molecular flexibility index (Phi) is 5.12. The molecule has 0 aliphatic carbocycles. The van der Waals surface area contributed by atoms with Crippen LogP contribution >= 0.6 is 12.2 Å². The maximum atomic E-state index is 11.7. The average Bonchev–Trinajstić information content (AvgIpc) is 2.50. The van der Waals surface area contributed by atoms with Crippen molar-refractivity contribution in [1.82, 2.24) is 0 Å². The van der Waals surface area contributed by atoms with Crippen molar-refractivity contribution >= 4 is 34.7 Å². The number of nitrogens with one attached hydrogen (secondary N) is 2. The Morgan fingerprint density at radius 3 is 2.45 bits per heavy atom. The fraction of sp³-hybridized carbons (Fsp3) is 0.176. The third kappa shape index (κ3) is 3.83. The van der Waals surface area contributed by atoms with Gasteiger partial charge in [-0.05, 0) is 61.5 Å². The van der Waals surface area contributed by atoms with Crippen LogP contribution in [0.5, 0.6) is 0 Å². The van der Waals surface area contributed by atoms with Crippen LogP contribution in [0.2, 0.25) is 0 Å². The number of methoxy groups -OCH3 is 1. The number of para-hydroxylation sites is 1. The fourth-order valence-corrected chi connectivity index (χ4v) is 2.21. The van der Waals surface area contributed by atoms with Crippen molar-refractivity contribution in [1.29, 1.82) is 0 Å². The number of benzene rings is 2. The normalized spacial score (nSPS) is 9.95. The van der Waals surface area contributed by atoms with Crippen LogP contribution in [0.3, 0.4) is 0 Å². The summed E-state index contributed by atoms with van der Waals surface area (Å²) in [5.41, 5.74) is 4.35. The number of hydrogen-bond acceptors (Lipinski definition) is 3. The van der Waals surface area contributed by atoms with Gasteiger partial charge in [0, 0.05) is 5.69 Å². The van der Waals surface area contributed by atoms with E-state index in [0.717, 1.165) is 5.69 Å². The molecule has 0 amide bonds. The standard InChI is InChI=1S/C17H18N2O2S/c1-11-8-9-13(10-12(11)2)18-17(22)19-15-7-5-4-6-14(15)16(20)21-3/h4-10H,1-3H3,(H2,18,19,22). The molecule has 114 valence electrons. The molecule has 0 aromatic heterocycles. The molecule has 22 heavy (non-hydrogen) atoms. The first-order chi connectivity index (χ1) is 10.5. The van der Waals surface area contributed by atoms with Crippen LogP contribution in [-0.2, 0) is 4.74 Å². The van der Waals surface area contributed by atoms with Crippen molar-refractivity contribution in [2.24, 2.45) is 0 Å². The van der Waals surface area contributed by atoms with Crippen LogP contribution in [0.25, 0.3) is 0 Å². The highest BCUT2D eigenvalue weighted by Gasteiger charge is 2.11. The van der Waals surface area contributed by atoms with E-state index >= 15 is 0 Å². The second-order valence-electron chi connectivity index (χ2n) is 4.92. The molecule has 0 spiro atoms. The van der Waals surface area contributed by atoms with E-state index in [9.17, 15) is 4.79 Å². The lowest BCUT2D eigenvalue weighted by atomic mass is 10.1. The summed E-state index contributed by atoms with van der Waals surface area (Å²) in [6, 6.07) is 13.1. The first-order valence-corrected chi connectivity index (χ1v) is 7.24. The quantitative estimate of drug-likeness (QED) is 0.665. The Balaban J connectivity index is 2.12. The van der Waals surface area contributed by atoms with Crippen LogP contribution in [0.1, 0.15) is 21.5 Å². The van der Waals surface area contributed by atoms with Gasteiger partial charge < -0.3 is 15.4 Å². The smallest absolute Gasteiger partial charge is 0.339 e. The summed E-state index contributed by atoms with van der Waals surface area (Å²) in [5.74, 6) is -0.405. The van der Waals surface area contributed by atoms with Gasteiger partial charge in [0.25, 0.3) is 0 Å². The number of hydrogen-bond donors (Lipinski definition) is 2. The van der Waals surface area contributed by atoms with Crippen LogP contribution in [0, 0.1) is 13.8 Å². The Labute approximate surface area is 135 Å². The molecule has 0 fully saturated rings. The third-order valence-electron chi connectivity index (χ3n) is 3.35. The molecule has 0 radical (unpaired) electrons. The number of ether oxygens (including phenoxy) is 1. The van der Waals surface area contributed by atoms with Crippen LogP contribution in [0.15, 0.2) is 42.5 Å². The lowest BCUT2D eigenvalue weighted by molar-refractivity contribution is 0.0602. The summed E-state index contributed by atoms with van der Waals surface area (Å²) in [7, 11) is 1.35. The van der Waals surface area contributed by atoms with E-state index in [0.29, 0.717) is 16.4 Å². The van der Waals surface area contributed by atoms with Gasteiger partial charge in [-0.1, -0.05) is 18.2 Å². The number of thiocarbonyl (C=S) groups is 1. The largest absolute Gasteiger partial charge is 0.465 e. The molecule has 5 heteroatoms. The van der Waals surface area contributed by atoms with Gasteiger partial charge in [-0.2, -0.15) is 0 Å². The van der Waals surface area contributed by atoms with Crippen LogP contribution in [-0.4, -0.2) is 18.2 Å². The van der Waals surface area contributed by atoms with Crippen molar-refractivity contribution in [2.45, 2.75) is 13.8 Å². The van der Waals surface area contributed by atoms with E-state index in [-0.39, 0.29) is 0 Å². The minimum atomic E-state index is -0.405. The molecule has 0 bridgehead atoms. The zero-order chi connectivity index (χ0) is 16.1. The summed E-state index contributed by atoms with van der Waals surface area (Å²) in [4.78, 5) is 11.7. The number of carbonyl (C=O) groups excluding carboxylic acids is 1. The highest BCUT2D eigenvalue weighted by molar-refractivity contribution is 7.80. The van der Waals surface area contributed by atoms with Crippen molar-refractivity contribution < 1.29 is 9.53 Å². The Bertz CT molecular complexity index is 714. The molecule has 0 atom stereocenters. The highest BCUT2D eigenvalue weighted by atomic mass is 32.1. The molecule has 0 unspecified atom stereocenters. The highest BCUT2D eigenvalue weighted by Crippen LogP contribution is 2.18. The van der Waals surface area contributed by atoms with E-state index in [4.69, 9.17) is 17.0 Å². The van der Waals surface area contributed by atoms with E-state index in [1.807, 2.05) is 31.2 Å². The molecule has 2 aromatic carbocycles. The predicted octanol–water partition coefficient (Wildman–Crippen LogP) is 3.90. The summed E-state index contributed by atoms with van der Waals surface area (Å²) in [5, 5.41) is 6.55. The van der Waals surface area contributed by atoms with Crippen molar-refractivity contribution in [3.8, 4) is 0 Å². The van der Waals surface area contributed by atoms with E-state index < -0.39 is 5.97 Å². The zero-order valence-electron chi connectivity index (χ0n) is 12.8. The van der Waals surface area contributed by atoms with Gasteiger partial charge in [0.2, 0.25) is 0 Å². The summed E-state index contributed by atoms with van der Waals surface area (Å²) >= 11 is 5.30. The molecule has 4 nitrogen and oxygen atoms in total. The molecular weight excluding hydrogens is 296 g/mol. The van der Waals surface area contributed by atoms with E-state index in [1.165, 1.54) is 18.2 Å². The second-order valence-corrected chi connectivity index (χ2v) is 5.32. The molecule has 0 aliphatic rings. The van der Waals surface area contributed by atoms with Gasteiger partial charge in [0.05, 0.1) is 18.4 Å². The number of esters is 1. The lowest BCUT2D eigenvalue weighted by Gasteiger charge is -2.14. The lowest BCUT2D eigenvalue weighted by Crippen LogP contribution is -2.21. The Morgan fingerprint density at radius 1 is 1.05 bits per heavy atom. The maximum absolute atomic E-state index is 11.7. The monoisotopic (exact) mass is 314 g/mol. The predicted molar refractivity (Wildman–Crippen MR) is 93.5 cm³/mol.